The first-order valence-electron chi connectivity index (χ1n) is 6.77. The van der Waals surface area contributed by atoms with E-state index in [4.69, 9.17) is 5.73 Å². The van der Waals surface area contributed by atoms with Gasteiger partial charge in [-0.15, -0.1) is 0 Å². The molecule has 0 spiro atoms. The highest BCUT2D eigenvalue weighted by molar-refractivity contribution is 5.47. The molecule has 2 rings (SSSR count). The van der Waals surface area contributed by atoms with E-state index in [1.54, 1.807) is 0 Å². The third kappa shape index (κ3) is 2.68. The molecule has 0 saturated carbocycles. The van der Waals surface area contributed by atoms with E-state index in [9.17, 15) is 0 Å². The van der Waals surface area contributed by atoms with Crippen LogP contribution < -0.4 is 10.6 Å². The molecule has 0 radical (unpaired) electrons. The normalized spacial score (nSPS) is 24.2. The molecule has 0 amide bonds. The molecule has 2 N–H and O–H groups in total. The molecular weight excluding hydrogens is 222 g/mol. The van der Waals surface area contributed by atoms with Gasteiger partial charge in [0.2, 0.25) is 0 Å². The SMILES string of the molecule is CN1C(CCN)CN(c2ccccc2)CC1(C)C. The van der Waals surface area contributed by atoms with Crippen molar-refractivity contribution < 1.29 is 0 Å². The molecule has 0 bridgehead atoms. The molecule has 3 nitrogen and oxygen atoms in total. The van der Waals surface area contributed by atoms with Crippen molar-refractivity contribution in [2.75, 3.05) is 31.6 Å². The smallest absolute Gasteiger partial charge is 0.0367 e. The lowest BCUT2D eigenvalue weighted by molar-refractivity contribution is 0.0770. The van der Waals surface area contributed by atoms with Crippen LogP contribution in [0, 0.1) is 0 Å². The summed E-state index contributed by atoms with van der Waals surface area (Å²) in [5.74, 6) is 0. The van der Waals surface area contributed by atoms with Crippen LogP contribution in [0.4, 0.5) is 5.69 Å². The van der Waals surface area contributed by atoms with Crippen LogP contribution >= 0.6 is 0 Å². The van der Waals surface area contributed by atoms with Crippen molar-refractivity contribution in [3.8, 4) is 0 Å². The van der Waals surface area contributed by atoms with Crippen LogP contribution in [0.2, 0.25) is 0 Å². The van der Waals surface area contributed by atoms with Gasteiger partial charge in [-0.2, -0.15) is 0 Å². The molecule has 1 aromatic rings. The van der Waals surface area contributed by atoms with E-state index in [2.05, 4.69) is 61.0 Å². The number of nitrogens with zero attached hydrogens (tertiary/aromatic N) is 2. The fourth-order valence-electron chi connectivity index (χ4n) is 2.83. The maximum absolute atomic E-state index is 5.75. The summed E-state index contributed by atoms with van der Waals surface area (Å²) in [7, 11) is 2.22. The van der Waals surface area contributed by atoms with Gasteiger partial charge in [0, 0.05) is 30.4 Å². The number of nitrogens with two attached hydrogens (primary N) is 1. The van der Waals surface area contributed by atoms with Gasteiger partial charge in [-0.3, -0.25) is 4.90 Å². The highest BCUT2D eigenvalue weighted by Crippen LogP contribution is 2.28. The summed E-state index contributed by atoms with van der Waals surface area (Å²) in [4.78, 5) is 4.97. The average Bonchev–Trinajstić information content (AvgIpc) is 2.36. The average molecular weight is 247 g/mol. The van der Waals surface area contributed by atoms with Crippen LogP contribution in [0.5, 0.6) is 0 Å². The zero-order chi connectivity index (χ0) is 13.2. The second kappa shape index (κ2) is 5.29. The number of hydrogen-bond donors (Lipinski definition) is 1. The zero-order valence-electron chi connectivity index (χ0n) is 11.8. The Hall–Kier alpha value is -1.06. The summed E-state index contributed by atoms with van der Waals surface area (Å²) in [5.41, 5.74) is 7.26. The van der Waals surface area contributed by atoms with Gasteiger partial charge in [0.15, 0.2) is 0 Å². The maximum atomic E-state index is 5.75. The van der Waals surface area contributed by atoms with Gasteiger partial charge < -0.3 is 10.6 Å². The largest absolute Gasteiger partial charge is 0.368 e. The van der Waals surface area contributed by atoms with Crippen molar-refractivity contribution in [2.24, 2.45) is 5.73 Å². The third-order valence-corrected chi connectivity index (χ3v) is 4.13. The van der Waals surface area contributed by atoms with Crippen molar-refractivity contribution in [1.82, 2.24) is 4.90 Å². The highest BCUT2D eigenvalue weighted by atomic mass is 15.3. The number of likely N-dealkylation sites (N-methyl/N-ethyl adjacent to an activating group) is 1. The molecule has 18 heavy (non-hydrogen) atoms. The van der Waals surface area contributed by atoms with Crippen LogP contribution in [0.15, 0.2) is 30.3 Å². The summed E-state index contributed by atoms with van der Waals surface area (Å²) in [6.45, 7) is 7.51. The van der Waals surface area contributed by atoms with E-state index in [0.29, 0.717) is 6.04 Å². The highest BCUT2D eigenvalue weighted by Gasteiger charge is 2.36. The van der Waals surface area contributed by atoms with Crippen LogP contribution in [0.3, 0.4) is 0 Å². The number of para-hydroxylation sites is 1. The van der Waals surface area contributed by atoms with E-state index < -0.39 is 0 Å². The molecule has 0 aromatic heterocycles. The first-order valence-corrected chi connectivity index (χ1v) is 6.77. The first-order chi connectivity index (χ1) is 8.54. The van der Waals surface area contributed by atoms with Crippen LogP contribution in [0.1, 0.15) is 20.3 Å². The molecule has 1 atom stereocenters. The Kier molecular flexibility index (Phi) is 3.93. The summed E-state index contributed by atoms with van der Waals surface area (Å²) >= 11 is 0. The Morgan fingerprint density at radius 3 is 2.56 bits per heavy atom. The van der Waals surface area contributed by atoms with Gasteiger partial charge >= 0.3 is 0 Å². The monoisotopic (exact) mass is 247 g/mol. The van der Waals surface area contributed by atoms with E-state index in [1.165, 1.54) is 5.69 Å². The minimum absolute atomic E-state index is 0.188. The van der Waals surface area contributed by atoms with Crippen molar-refractivity contribution in [3.63, 3.8) is 0 Å². The van der Waals surface area contributed by atoms with Gasteiger partial charge in [0.25, 0.3) is 0 Å². The van der Waals surface area contributed by atoms with Crippen LogP contribution in [-0.4, -0.2) is 43.2 Å². The van der Waals surface area contributed by atoms with E-state index in [1.807, 2.05) is 0 Å². The molecule has 1 aliphatic rings. The second-order valence-electron chi connectivity index (χ2n) is 5.87. The first kappa shape index (κ1) is 13.4. The summed E-state index contributed by atoms with van der Waals surface area (Å²) in [6, 6.07) is 11.2. The second-order valence-corrected chi connectivity index (χ2v) is 5.87. The standard InChI is InChI=1S/C15H25N3/c1-15(2)12-18(13-7-5-4-6-8-13)11-14(9-10-16)17(15)3/h4-8,14H,9-12,16H2,1-3H3. The molecule has 1 aromatic carbocycles. The molecule has 1 heterocycles. The Balaban J connectivity index is 2.19. The lowest BCUT2D eigenvalue weighted by atomic mass is 9.94. The molecule has 3 heteroatoms. The number of rotatable bonds is 3. The maximum Gasteiger partial charge on any atom is 0.0367 e. The summed E-state index contributed by atoms with van der Waals surface area (Å²) < 4.78 is 0. The molecule has 0 aliphatic carbocycles. The fourth-order valence-corrected chi connectivity index (χ4v) is 2.83. The molecule has 1 aliphatic heterocycles. The summed E-state index contributed by atoms with van der Waals surface area (Å²) in [6.07, 6.45) is 1.06. The zero-order valence-corrected chi connectivity index (χ0v) is 11.8. The number of hydrogen-bond acceptors (Lipinski definition) is 3. The van der Waals surface area contributed by atoms with Crippen molar-refractivity contribution in [3.05, 3.63) is 30.3 Å². The Labute approximate surface area is 111 Å². The predicted molar refractivity (Wildman–Crippen MR) is 78.0 cm³/mol. The van der Waals surface area contributed by atoms with Gasteiger partial charge in [-0.1, -0.05) is 18.2 Å². The van der Waals surface area contributed by atoms with E-state index in [0.717, 1.165) is 26.1 Å². The van der Waals surface area contributed by atoms with Gasteiger partial charge in [0.1, 0.15) is 0 Å². The molecular formula is C15H25N3. The van der Waals surface area contributed by atoms with Crippen LogP contribution in [-0.2, 0) is 0 Å². The van der Waals surface area contributed by atoms with Gasteiger partial charge in [-0.05, 0) is 46.0 Å². The van der Waals surface area contributed by atoms with Crippen LogP contribution in [0.25, 0.3) is 0 Å². The lowest BCUT2D eigenvalue weighted by Gasteiger charge is -2.51. The van der Waals surface area contributed by atoms with Crippen molar-refractivity contribution >= 4 is 5.69 Å². The Bertz CT molecular complexity index is 375. The Morgan fingerprint density at radius 1 is 1.28 bits per heavy atom. The van der Waals surface area contributed by atoms with Gasteiger partial charge in [0.05, 0.1) is 0 Å². The lowest BCUT2D eigenvalue weighted by Crippen LogP contribution is -2.62. The van der Waals surface area contributed by atoms with E-state index in [-0.39, 0.29) is 5.54 Å². The minimum Gasteiger partial charge on any atom is -0.368 e. The number of anilines is 1. The number of benzene rings is 1. The van der Waals surface area contributed by atoms with Gasteiger partial charge in [-0.25, -0.2) is 0 Å². The predicted octanol–water partition coefficient (Wildman–Crippen LogP) is 1.93. The quantitative estimate of drug-likeness (QED) is 0.886. The molecule has 1 fully saturated rings. The minimum atomic E-state index is 0.188. The Morgan fingerprint density at radius 2 is 1.94 bits per heavy atom. The molecule has 100 valence electrons. The van der Waals surface area contributed by atoms with Crippen molar-refractivity contribution in [2.45, 2.75) is 31.8 Å². The molecule has 1 unspecified atom stereocenters. The topological polar surface area (TPSA) is 32.5 Å². The fraction of sp³-hybridized carbons (Fsp3) is 0.600. The third-order valence-electron chi connectivity index (χ3n) is 4.13. The van der Waals surface area contributed by atoms with Crippen molar-refractivity contribution in [1.29, 1.82) is 0 Å². The summed E-state index contributed by atoms with van der Waals surface area (Å²) in [5, 5.41) is 0. The molecule has 1 saturated heterocycles. The number of piperazine rings is 1. The van der Waals surface area contributed by atoms with E-state index >= 15 is 0 Å².